The highest BCUT2D eigenvalue weighted by Gasteiger charge is 2.12. The van der Waals surface area contributed by atoms with Crippen LogP contribution in [-0.4, -0.2) is 55.0 Å². The van der Waals surface area contributed by atoms with Crippen molar-refractivity contribution in [1.82, 2.24) is 15.5 Å². The lowest BCUT2D eigenvalue weighted by Crippen LogP contribution is -2.44. The number of amides is 1. The van der Waals surface area contributed by atoms with Crippen LogP contribution in [0, 0.1) is 10.1 Å². The van der Waals surface area contributed by atoms with Gasteiger partial charge in [0.25, 0.3) is 5.69 Å². The first-order valence-corrected chi connectivity index (χ1v) is 8.48. The molecule has 0 spiro atoms. The first kappa shape index (κ1) is 17.8. The number of halogens is 1. The molecule has 1 heterocycles. The molecule has 23 heavy (non-hydrogen) atoms. The predicted molar refractivity (Wildman–Crippen MR) is 91.4 cm³/mol. The van der Waals surface area contributed by atoms with E-state index in [0.717, 1.165) is 44.7 Å². The van der Waals surface area contributed by atoms with Gasteiger partial charge in [0.05, 0.1) is 11.3 Å². The third-order valence-corrected chi connectivity index (χ3v) is 4.52. The molecule has 0 unspecified atom stereocenters. The lowest BCUT2D eigenvalue weighted by molar-refractivity contribution is -0.384. The molecule has 0 aromatic heterocycles. The van der Waals surface area contributed by atoms with Crippen LogP contribution >= 0.6 is 15.9 Å². The van der Waals surface area contributed by atoms with E-state index in [2.05, 4.69) is 31.5 Å². The second-order valence-electron chi connectivity index (χ2n) is 5.50. The van der Waals surface area contributed by atoms with Crippen LogP contribution in [0.15, 0.2) is 22.7 Å². The van der Waals surface area contributed by atoms with Gasteiger partial charge in [0.1, 0.15) is 0 Å². The molecule has 2 rings (SSSR count). The molecular weight excluding hydrogens is 364 g/mol. The van der Waals surface area contributed by atoms with Gasteiger partial charge >= 0.3 is 0 Å². The summed E-state index contributed by atoms with van der Waals surface area (Å²) in [5.41, 5.74) is 0.757. The molecule has 1 saturated heterocycles. The zero-order chi connectivity index (χ0) is 16.7. The summed E-state index contributed by atoms with van der Waals surface area (Å²) in [6.07, 6.45) is 1.14. The minimum absolute atomic E-state index is 0.0112. The van der Waals surface area contributed by atoms with Crippen molar-refractivity contribution >= 4 is 27.5 Å². The third-order valence-electron chi connectivity index (χ3n) is 3.78. The van der Waals surface area contributed by atoms with E-state index >= 15 is 0 Å². The van der Waals surface area contributed by atoms with Crippen molar-refractivity contribution in [1.29, 1.82) is 0 Å². The van der Waals surface area contributed by atoms with Gasteiger partial charge in [-0.2, -0.15) is 0 Å². The van der Waals surface area contributed by atoms with Crippen molar-refractivity contribution in [3.8, 4) is 0 Å². The van der Waals surface area contributed by atoms with E-state index in [0.29, 0.717) is 11.0 Å². The Bertz CT molecular complexity index is 562. The molecule has 0 saturated carbocycles. The summed E-state index contributed by atoms with van der Waals surface area (Å²) < 4.78 is 0.586. The maximum absolute atomic E-state index is 11.9. The van der Waals surface area contributed by atoms with Gasteiger partial charge in [0, 0.05) is 49.3 Å². The Morgan fingerprint density at radius 2 is 2.13 bits per heavy atom. The Morgan fingerprint density at radius 3 is 2.78 bits per heavy atom. The predicted octanol–water partition coefficient (Wildman–Crippen LogP) is 1.31. The third kappa shape index (κ3) is 5.89. The fraction of sp³-hybridized carbons (Fsp3) is 0.533. The number of non-ortho nitro benzene ring substituents is 1. The Balaban J connectivity index is 1.71. The smallest absolute Gasteiger partial charge is 0.270 e. The Morgan fingerprint density at radius 1 is 1.39 bits per heavy atom. The normalized spacial score (nSPS) is 15.3. The number of carbonyl (C=O) groups excluding carboxylic acids is 1. The van der Waals surface area contributed by atoms with Gasteiger partial charge in [0.15, 0.2) is 0 Å². The van der Waals surface area contributed by atoms with Crippen molar-refractivity contribution in [3.63, 3.8) is 0 Å². The fourth-order valence-electron chi connectivity index (χ4n) is 2.49. The molecular formula is C15H21BrN4O3. The van der Waals surface area contributed by atoms with Crippen molar-refractivity contribution in [2.45, 2.75) is 12.8 Å². The lowest BCUT2D eigenvalue weighted by atomic mass is 10.1. The van der Waals surface area contributed by atoms with E-state index in [-0.39, 0.29) is 18.0 Å². The monoisotopic (exact) mass is 384 g/mol. The number of hydrogen-bond acceptors (Lipinski definition) is 5. The standard InChI is InChI=1S/C15H21BrN4O3/c16-14-11-13(20(22)23)3-2-12(14)10-15(21)18-4-1-7-19-8-5-17-6-9-19/h2-3,11,17H,1,4-10H2,(H,18,21). The molecule has 1 amide bonds. The number of benzene rings is 1. The second-order valence-corrected chi connectivity index (χ2v) is 6.36. The van der Waals surface area contributed by atoms with Crippen LogP contribution in [0.4, 0.5) is 5.69 Å². The van der Waals surface area contributed by atoms with Crippen LogP contribution in [0.3, 0.4) is 0 Å². The van der Waals surface area contributed by atoms with Crippen LogP contribution in [0.2, 0.25) is 0 Å². The van der Waals surface area contributed by atoms with Gasteiger partial charge in [-0.25, -0.2) is 0 Å². The van der Waals surface area contributed by atoms with E-state index in [1.807, 2.05) is 0 Å². The maximum Gasteiger partial charge on any atom is 0.270 e. The van der Waals surface area contributed by atoms with Crippen molar-refractivity contribution < 1.29 is 9.72 Å². The van der Waals surface area contributed by atoms with Crippen LogP contribution in [-0.2, 0) is 11.2 Å². The fourth-order valence-corrected chi connectivity index (χ4v) is 3.00. The first-order valence-electron chi connectivity index (χ1n) is 7.69. The zero-order valence-electron chi connectivity index (χ0n) is 12.9. The van der Waals surface area contributed by atoms with Crippen molar-refractivity contribution in [2.75, 3.05) is 39.3 Å². The highest BCUT2D eigenvalue weighted by Crippen LogP contribution is 2.23. The average Bonchev–Trinajstić information content (AvgIpc) is 2.54. The minimum atomic E-state index is -0.454. The number of rotatable bonds is 7. The molecule has 0 radical (unpaired) electrons. The highest BCUT2D eigenvalue weighted by molar-refractivity contribution is 9.10. The number of carbonyl (C=O) groups is 1. The molecule has 1 aliphatic heterocycles. The summed E-state index contributed by atoms with van der Waals surface area (Å²) in [5, 5.41) is 16.9. The molecule has 1 aromatic rings. The summed E-state index contributed by atoms with van der Waals surface area (Å²) in [6.45, 7) is 5.81. The lowest BCUT2D eigenvalue weighted by Gasteiger charge is -2.27. The summed E-state index contributed by atoms with van der Waals surface area (Å²) in [4.78, 5) is 24.6. The van der Waals surface area contributed by atoms with E-state index in [4.69, 9.17) is 0 Å². The molecule has 1 aromatic carbocycles. The van der Waals surface area contributed by atoms with E-state index in [1.165, 1.54) is 12.1 Å². The van der Waals surface area contributed by atoms with Crippen molar-refractivity contribution in [3.05, 3.63) is 38.3 Å². The summed E-state index contributed by atoms with van der Waals surface area (Å²) in [6, 6.07) is 4.45. The molecule has 126 valence electrons. The molecule has 7 nitrogen and oxygen atoms in total. The SMILES string of the molecule is O=C(Cc1ccc([N+](=O)[O-])cc1Br)NCCCN1CCNCC1. The number of nitrogens with zero attached hydrogens (tertiary/aromatic N) is 2. The molecule has 0 aliphatic carbocycles. The van der Waals surface area contributed by atoms with Crippen LogP contribution in [0.5, 0.6) is 0 Å². The molecule has 2 N–H and O–H groups in total. The van der Waals surface area contributed by atoms with Crippen LogP contribution < -0.4 is 10.6 Å². The number of nitro groups is 1. The van der Waals surface area contributed by atoms with E-state index in [9.17, 15) is 14.9 Å². The topological polar surface area (TPSA) is 87.5 Å². The number of piperazine rings is 1. The zero-order valence-corrected chi connectivity index (χ0v) is 14.5. The number of nitrogens with one attached hydrogen (secondary N) is 2. The molecule has 8 heteroatoms. The molecule has 0 bridgehead atoms. The number of nitro benzene ring substituents is 1. The van der Waals surface area contributed by atoms with Gasteiger partial charge in [-0.1, -0.05) is 22.0 Å². The summed E-state index contributed by atoms with van der Waals surface area (Å²) in [5.74, 6) is -0.0696. The quantitative estimate of drug-likeness (QED) is 0.420. The van der Waals surface area contributed by atoms with Gasteiger partial charge in [-0.3, -0.25) is 14.9 Å². The highest BCUT2D eigenvalue weighted by atomic mass is 79.9. The van der Waals surface area contributed by atoms with Gasteiger partial charge in [-0.15, -0.1) is 0 Å². The van der Waals surface area contributed by atoms with E-state index < -0.39 is 4.92 Å². The average molecular weight is 385 g/mol. The second kappa shape index (κ2) is 8.95. The Labute approximate surface area is 143 Å². The van der Waals surface area contributed by atoms with Crippen molar-refractivity contribution in [2.24, 2.45) is 0 Å². The summed E-state index contributed by atoms with van der Waals surface area (Å²) >= 11 is 3.28. The molecule has 1 fully saturated rings. The van der Waals surface area contributed by atoms with Gasteiger partial charge in [-0.05, 0) is 18.5 Å². The minimum Gasteiger partial charge on any atom is -0.356 e. The largest absolute Gasteiger partial charge is 0.356 e. The molecule has 1 aliphatic rings. The van der Waals surface area contributed by atoms with Gasteiger partial charge in [0.2, 0.25) is 5.91 Å². The summed E-state index contributed by atoms with van der Waals surface area (Å²) in [7, 11) is 0. The molecule has 0 atom stereocenters. The number of hydrogen-bond donors (Lipinski definition) is 2. The van der Waals surface area contributed by atoms with Crippen LogP contribution in [0.25, 0.3) is 0 Å². The Hall–Kier alpha value is -1.51. The van der Waals surface area contributed by atoms with E-state index in [1.54, 1.807) is 6.07 Å². The maximum atomic E-state index is 11.9. The Kier molecular flexibility index (Phi) is 6.94. The van der Waals surface area contributed by atoms with Gasteiger partial charge < -0.3 is 15.5 Å². The first-order chi connectivity index (χ1) is 11.1. The van der Waals surface area contributed by atoms with Crippen LogP contribution in [0.1, 0.15) is 12.0 Å².